The molecule has 84 valence electrons. The Kier molecular flexibility index (Phi) is 4.60. The monoisotopic (exact) mass is 291 g/mol. The number of sulfonamides is 1. The van der Waals surface area contributed by atoms with Crippen molar-refractivity contribution in [2.45, 2.75) is 19.8 Å². The molecule has 0 atom stereocenters. The second-order valence-corrected chi connectivity index (χ2v) is 6.04. The van der Waals surface area contributed by atoms with E-state index in [0.717, 1.165) is 10.9 Å². The highest BCUT2D eigenvalue weighted by Gasteiger charge is 2.08. The lowest BCUT2D eigenvalue weighted by Gasteiger charge is -2.07. The molecule has 0 saturated carbocycles. The summed E-state index contributed by atoms with van der Waals surface area (Å²) >= 11 is 3.29. The van der Waals surface area contributed by atoms with Crippen molar-refractivity contribution < 1.29 is 8.42 Å². The molecular weight excluding hydrogens is 278 g/mol. The summed E-state index contributed by atoms with van der Waals surface area (Å²) in [5.41, 5.74) is 0.606. The normalized spacial score (nSPS) is 11.3. The number of benzene rings is 1. The van der Waals surface area contributed by atoms with Crippen LogP contribution in [0, 0.1) is 0 Å². The third kappa shape index (κ3) is 4.66. The molecule has 0 unspecified atom stereocenters. The number of nitrogens with one attached hydrogen (secondary N) is 1. The number of halogens is 1. The fourth-order valence-electron chi connectivity index (χ4n) is 1.08. The molecule has 1 aromatic rings. The number of unbranched alkanes of at least 4 members (excludes halogenated alkanes) is 1. The van der Waals surface area contributed by atoms with Crippen LogP contribution in [0.3, 0.4) is 0 Å². The minimum absolute atomic E-state index is 0.180. The van der Waals surface area contributed by atoms with Crippen LogP contribution in [0.4, 0.5) is 5.69 Å². The van der Waals surface area contributed by atoms with Gasteiger partial charge in [-0.15, -0.1) is 0 Å². The average molecular weight is 292 g/mol. The second kappa shape index (κ2) is 5.51. The van der Waals surface area contributed by atoms with Crippen molar-refractivity contribution in [3.63, 3.8) is 0 Å². The van der Waals surface area contributed by atoms with Gasteiger partial charge in [-0.2, -0.15) is 0 Å². The molecule has 5 heteroatoms. The van der Waals surface area contributed by atoms with E-state index in [1.165, 1.54) is 0 Å². The van der Waals surface area contributed by atoms with E-state index in [-0.39, 0.29) is 5.75 Å². The van der Waals surface area contributed by atoms with E-state index in [2.05, 4.69) is 20.7 Å². The van der Waals surface area contributed by atoms with E-state index in [1.54, 1.807) is 24.3 Å². The first-order chi connectivity index (χ1) is 7.03. The topological polar surface area (TPSA) is 46.2 Å². The number of anilines is 1. The molecule has 0 aliphatic carbocycles. The van der Waals surface area contributed by atoms with Crippen LogP contribution < -0.4 is 4.72 Å². The van der Waals surface area contributed by atoms with Gasteiger partial charge in [-0.3, -0.25) is 4.72 Å². The van der Waals surface area contributed by atoms with Gasteiger partial charge in [0.1, 0.15) is 0 Å². The highest BCUT2D eigenvalue weighted by molar-refractivity contribution is 9.10. The highest BCUT2D eigenvalue weighted by Crippen LogP contribution is 2.15. The van der Waals surface area contributed by atoms with Gasteiger partial charge in [0.05, 0.1) is 5.75 Å². The Bertz CT molecular complexity index is 400. The van der Waals surface area contributed by atoms with Crippen molar-refractivity contribution in [2.24, 2.45) is 0 Å². The van der Waals surface area contributed by atoms with Gasteiger partial charge >= 0.3 is 0 Å². The summed E-state index contributed by atoms with van der Waals surface area (Å²) in [7, 11) is -3.17. The van der Waals surface area contributed by atoms with Crippen molar-refractivity contribution in [3.8, 4) is 0 Å². The standard InChI is InChI=1S/C10H14BrNO2S/c1-2-3-8-15(13,14)12-10-6-4-9(11)5-7-10/h4-7,12H,2-3,8H2,1H3. The Labute approximate surface area is 99.1 Å². The number of hydrogen-bond donors (Lipinski definition) is 1. The van der Waals surface area contributed by atoms with Gasteiger partial charge in [0, 0.05) is 10.2 Å². The molecule has 3 nitrogen and oxygen atoms in total. The molecule has 1 N–H and O–H groups in total. The molecule has 1 aromatic carbocycles. The van der Waals surface area contributed by atoms with E-state index >= 15 is 0 Å². The quantitative estimate of drug-likeness (QED) is 0.906. The molecule has 0 aliphatic heterocycles. The molecule has 0 aliphatic rings. The third-order valence-corrected chi connectivity index (χ3v) is 3.79. The van der Waals surface area contributed by atoms with Crippen molar-refractivity contribution in [3.05, 3.63) is 28.7 Å². The average Bonchev–Trinajstić information content (AvgIpc) is 2.18. The second-order valence-electron chi connectivity index (χ2n) is 3.28. The Morgan fingerprint density at radius 3 is 2.40 bits per heavy atom. The maximum Gasteiger partial charge on any atom is 0.232 e. The highest BCUT2D eigenvalue weighted by atomic mass is 79.9. The largest absolute Gasteiger partial charge is 0.284 e. The van der Waals surface area contributed by atoms with E-state index in [9.17, 15) is 8.42 Å². The van der Waals surface area contributed by atoms with Crippen LogP contribution in [0.2, 0.25) is 0 Å². The smallest absolute Gasteiger partial charge is 0.232 e. The first-order valence-corrected chi connectivity index (χ1v) is 7.24. The maximum atomic E-state index is 11.5. The molecule has 0 aromatic heterocycles. The molecule has 0 amide bonds. The van der Waals surface area contributed by atoms with Crippen LogP contribution >= 0.6 is 15.9 Å². The molecule has 1 rings (SSSR count). The van der Waals surface area contributed by atoms with Gasteiger partial charge in [-0.25, -0.2) is 8.42 Å². The van der Waals surface area contributed by atoms with Crippen LogP contribution in [0.15, 0.2) is 28.7 Å². The lowest BCUT2D eigenvalue weighted by molar-refractivity contribution is 0.598. The minimum Gasteiger partial charge on any atom is -0.284 e. The van der Waals surface area contributed by atoms with Crippen LogP contribution in [-0.2, 0) is 10.0 Å². The van der Waals surface area contributed by atoms with Crippen LogP contribution in [0.5, 0.6) is 0 Å². The Morgan fingerprint density at radius 2 is 1.87 bits per heavy atom. The fourth-order valence-corrected chi connectivity index (χ4v) is 2.61. The van der Waals surface area contributed by atoms with Crippen LogP contribution in [0.1, 0.15) is 19.8 Å². The molecule has 0 saturated heterocycles. The first-order valence-electron chi connectivity index (χ1n) is 4.79. The van der Waals surface area contributed by atoms with Crippen molar-refractivity contribution in [2.75, 3.05) is 10.5 Å². The molecule has 0 heterocycles. The molecule has 0 fully saturated rings. The van der Waals surface area contributed by atoms with E-state index < -0.39 is 10.0 Å². The van der Waals surface area contributed by atoms with Gasteiger partial charge in [-0.1, -0.05) is 29.3 Å². The summed E-state index contributed by atoms with van der Waals surface area (Å²) in [6, 6.07) is 7.07. The van der Waals surface area contributed by atoms with E-state index in [0.29, 0.717) is 12.1 Å². The fraction of sp³-hybridized carbons (Fsp3) is 0.400. The van der Waals surface area contributed by atoms with Gasteiger partial charge < -0.3 is 0 Å². The zero-order valence-corrected chi connectivity index (χ0v) is 10.9. The first kappa shape index (κ1) is 12.5. The van der Waals surface area contributed by atoms with Gasteiger partial charge in [0.2, 0.25) is 10.0 Å². The molecule has 0 bridgehead atoms. The van der Waals surface area contributed by atoms with Gasteiger partial charge in [-0.05, 0) is 30.7 Å². The zero-order valence-electron chi connectivity index (χ0n) is 8.53. The summed E-state index contributed by atoms with van der Waals surface area (Å²) < 4.78 is 26.5. The minimum atomic E-state index is -3.17. The summed E-state index contributed by atoms with van der Waals surface area (Å²) in [5.74, 6) is 0.180. The van der Waals surface area contributed by atoms with Crippen molar-refractivity contribution in [1.29, 1.82) is 0 Å². The van der Waals surface area contributed by atoms with Gasteiger partial charge in [0.15, 0.2) is 0 Å². The lowest BCUT2D eigenvalue weighted by atomic mass is 10.3. The van der Waals surface area contributed by atoms with E-state index in [1.807, 2.05) is 6.92 Å². The SMILES string of the molecule is CCCCS(=O)(=O)Nc1ccc(Br)cc1. The number of hydrogen-bond acceptors (Lipinski definition) is 2. The van der Waals surface area contributed by atoms with Crippen molar-refractivity contribution >= 4 is 31.6 Å². The summed E-state index contributed by atoms with van der Waals surface area (Å²) in [5, 5.41) is 0. The summed E-state index contributed by atoms with van der Waals surface area (Å²) in [6.45, 7) is 1.97. The Morgan fingerprint density at radius 1 is 1.27 bits per heavy atom. The maximum absolute atomic E-state index is 11.5. The predicted octanol–water partition coefficient (Wildman–Crippen LogP) is 2.99. The summed E-state index contributed by atoms with van der Waals surface area (Å²) in [6.07, 6.45) is 1.56. The Hall–Kier alpha value is -0.550. The summed E-state index contributed by atoms with van der Waals surface area (Å²) in [4.78, 5) is 0. The number of rotatable bonds is 5. The Balaban J connectivity index is 2.65. The molecule has 0 spiro atoms. The lowest BCUT2D eigenvalue weighted by Crippen LogP contribution is -2.16. The van der Waals surface area contributed by atoms with E-state index in [4.69, 9.17) is 0 Å². The van der Waals surface area contributed by atoms with Crippen LogP contribution in [0.25, 0.3) is 0 Å². The molecule has 0 radical (unpaired) electrons. The van der Waals surface area contributed by atoms with Crippen LogP contribution in [-0.4, -0.2) is 14.2 Å². The predicted molar refractivity (Wildman–Crippen MR) is 66.5 cm³/mol. The van der Waals surface area contributed by atoms with Gasteiger partial charge in [0.25, 0.3) is 0 Å². The third-order valence-electron chi connectivity index (χ3n) is 1.88. The molecular formula is C10H14BrNO2S. The molecule has 15 heavy (non-hydrogen) atoms. The zero-order chi connectivity index (χ0) is 11.3. The van der Waals surface area contributed by atoms with Crippen molar-refractivity contribution in [1.82, 2.24) is 0 Å².